The highest BCUT2D eigenvalue weighted by molar-refractivity contribution is 9.25. The second-order valence-electron chi connectivity index (χ2n) is 3.15. The van der Waals surface area contributed by atoms with Gasteiger partial charge in [-0.25, -0.2) is 0 Å². The van der Waals surface area contributed by atoms with E-state index >= 15 is 0 Å². The van der Waals surface area contributed by atoms with Gasteiger partial charge >= 0.3 is 5.97 Å². The summed E-state index contributed by atoms with van der Waals surface area (Å²) in [5.74, 6) is -1.54. The van der Waals surface area contributed by atoms with Crippen molar-refractivity contribution in [3.63, 3.8) is 0 Å². The molecule has 3 nitrogen and oxygen atoms in total. The third-order valence-electron chi connectivity index (χ3n) is 1.95. The summed E-state index contributed by atoms with van der Waals surface area (Å²) in [6.45, 7) is 2.00. The minimum absolute atomic E-state index is 0.0938. The van der Waals surface area contributed by atoms with E-state index in [1.54, 1.807) is 0 Å². The lowest BCUT2D eigenvalue weighted by molar-refractivity contribution is -0.143. The van der Waals surface area contributed by atoms with Gasteiger partial charge in [0.05, 0.1) is 5.92 Å². The van der Waals surface area contributed by atoms with Crippen LogP contribution in [0.5, 0.6) is 0 Å². The number of rotatable bonds is 7. The Morgan fingerprint density at radius 2 is 1.93 bits per heavy atom. The number of carbonyl (C=O) groups excluding carboxylic acids is 1. The molecule has 82 valence electrons. The van der Waals surface area contributed by atoms with Crippen molar-refractivity contribution in [2.45, 2.75) is 36.3 Å². The van der Waals surface area contributed by atoms with Gasteiger partial charge in [0.1, 0.15) is 3.74 Å². The van der Waals surface area contributed by atoms with Gasteiger partial charge in [-0.05, 0) is 6.42 Å². The predicted octanol–water partition coefficient (Wildman–Crippen LogP) is 2.95. The first kappa shape index (κ1) is 14.1. The molecule has 0 amide bonds. The van der Waals surface area contributed by atoms with Crippen LogP contribution in [0, 0.1) is 5.92 Å². The molecule has 0 bridgehead atoms. The fraction of sp³-hybridized carbons (Fsp3) is 0.778. The summed E-state index contributed by atoms with van der Waals surface area (Å²) < 4.78 is -0.432. The second kappa shape index (κ2) is 7.40. The summed E-state index contributed by atoms with van der Waals surface area (Å²) in [7, 11) is 0. The van der Waals surface area contributed by atoms with Crippen LogP contribution in [-0.4, -0.2) is 20.6 Å². The van der Waals surface area contributed by atoms with E-state index in [0.29, 0.717) is 6.42 Å². The third kappa shape index (κ3) is 5.75. The van der Waals surface area contributed by atoms with Crippen LogP contribution in [-0.2, 0) is 9.59 Å². The van der Waals surface area contributed by atoms with Gasteiger partial charge in [0.25, 0.3) is 0 Å². The molecule has 0 aliphatic carbocycles. The Morgan fingerprint density at radius 3 is 2.29 bits per heavy atom. The summed E-state index contributed by atoms with van der Waals surface area (Å²) in [4.78, 5) is 22.0. The molecule has 1 unspecified atom stereocenters. The molecule has 0 saturated heterocycles. The normalized spacial score (nSPS) is 12.9. The quantitative estimate of drug-likeness (QED) is 0.730. The number of Topliss-reactive ketones (excluding diaryl/α,β-unsaturated/α-hetero) is 1. The molecule has 0 aliphatic rings. The number of carboxylic acid groups (broad SMARTS) is 1. The molecule has 0 rings (SSSR count). The molecule has 0 spiro atoms. The standard InChI is InChI=1S/C9H14Br2O3/c1-2-3-4-6(9(13)14)5-7(12)8(10)11/h6,8H,2-5H2,1H3,(H,13,14). The van der Waals surface area contributed by atoms with E-state index in [-0.39, 0.29) is 12.2 Å². The van der Waals surface area contributed by atoms with Crippen molar-refractivity contribution in [2.24, 2.45) is 5.92 Å². The number of hydrogen-bond donors (Lipinski definition) is 1. The number of halogens is 2. The Bertz CT molecular complexity index is 204. The Morgan fingerprint density at radius 1 is 1.36 bits per heavy atom. The third-order valence-corrected chi connectivity index (χ3v) is 2.97. The molecule has 0 aromatic carbocycles. The first-order valence-electron chi connectivity index (χ1n) is 4.52. The van der Waals surface area contributed by atoms with E-state index < -0.39 is 15.6 Å². The molecule has 14 heavy (non-hydrogen) atoms. The lowest BCUT2D eigenvalue weighted by Gasteiger charge is -2.10. The molecular formula is C9H14Br2O3. The Hall–Kier alpha value is 0.1000. The summed E-state index contributed by atoms with van der Waals surface area (Å²) >= 11 is 6.12. The molecular weight excluding hydrogens is 316 g/mol. The number of aliphatic carboxylic acids is 1. The molecule has 0 radical (unpaired) electrons. The van der Waals surface area contributed by atoms with Gasteiger partial charge in [0, 0.05) is 6.42 Å². The minimum Gasteiger partial charge on any atom is -0.481 e. The number of alkyl halides is 2. The van der Waals surface area contributed by atoms with Gasteiger partial charge in [-0.2, -0.15) is 0 Å². The zero-order chi connectivity index (χ0) is 11.1. The Kier molecular flexibility index (Phi) is 7.45. The topological polar surface area (TPSA) is 54.4 Å². The van der Waals surface area contributed by atoms with Gasteiger partial charge in [0.2, 0.25) is 0 Å². The molecule has 0 aromatic heterocycles. The van der Waals surface area contributed by atoms with E-state index in [1.807, 2.05) is 6.92 Å². The maximum atomic E-state index is 11.3. The van der Waals surface area contributed by atoms with E-state index in [2.05, 4.69) is 31.9 Å². The SMILES string of the molecule is CCCCC(CC(=O)C(Br)Br)C(=O)O. The summed E-state index contributed by atoms with van der Waals surface area (Å²) in [5, 5.41) is 8.85. The molecule has 0 aliphatic heterocycles. The Balaban J connectivity index is 4.09. The van der Waals surface area contributed by atoms with E-state index in [4.69, 9.17) is 5.11 Å². The maximum Gasteiger partial charge on any atom is 0.306 e. The van der Waals surface area contributed by atoms with Crippen molar-refractivity contribution in [1.82, 2.24) is 0 Å². The van der Waals surface area contributed by atoms with Crippen LogP contribution in [0.2, 0.25) is 0 Å². The van der Waals surface area contributed by atoms with E-state index in [9.17, 15) is 9.59 Å². The van der Waals surface area contributed by atoms with Crippen molar-refractivity contribution in [2.75, 3.05) is 0 Å². The first-order chi connectivity index (χ1) is 6.49. The monoisotopic (exact) mass is 328 g/mol. The fourth-order valence-corrected chi connectivity index (χ4v) is 1.47. The van der Waals surface area contributed by atoms with Crippen molar-refractivity contribution < 1.29 is 14.7 Å². The van der Waals surface area contributed by atoms with Gasteiger partial charge in [-0.3, -0.25) is 9.59 Å². The highest BCUT2D eigenvalue weighted by atomic mass is 79.9. The van der Waals surface area contributed by atoms with Crippen molar-refractivity contribution in [3.8, 4) is 0 Å². The average molecular weight is 330 g/mol. The van der Waals surface area contributed by atoms with E-state index in [1.165, 1.54) is 0 Å². The fourth-order valence-electron chi connectivity index (χ4n) is 1.10. The largest absolute Gasteiger partial charge is 0.481 e. The molecule has 0 aromatic rings. The van der Waals surface area contributed by atoms with Gasteiger partial charge in [-0.15, -0.1) is 0 Å². The van der Waals surface area contributed by atoms with Crippen LogP contribution in [0.25, 0.3) is 0 Å². The van der Waals surface area contributed by atoms with Gasteiger partial charge in [-0.1, -0.05) is 51.6 Å². The lowest BCUT2D eigenvalue weighted by atomic mass is 9.97. The number of carboxylic acids is 1. The van der Waals surface area contributed by atoms with Crippen LogP contribution in [0.1, 0.15) is 32.6 Å². The summed E-state index contributed by atoms with van der Waals surface area (Å²) in [6.07, 6.45) is 2.46. The smallest absolute Gasteiger partial charge is 0.306 e. The van der Waals surface area contributed by atoms with Gasteiger partial charge in [0.15, 0.2) is 5.78 Å². The molecule has 1 N–H and O–H groups in total. The number of carbonyl (C=O) groups is 2. The zero-order valence-corrected chi connectivity index (χ0v) is 11.2. The van der Waals surface area contributed by atoms with Crippen LogP contribution in [0.15, 0.2) is 0 Å². The Labute approximate surface area is 101 Å². The average Bonchev–Trinajstić information content (AvgIpc) is 2.10. The number of unbranched alkanes of at least 4 members (excludes halogenated alkanes) is 1. The first-order valence-corrected chi connectivity index (χ1v) is 6.35. The second-order valence-corrected chi connectivity index (χ2v) is 6.21. The highest BCUT2D eigenvalue weighted by Gasteiger charge is 2.22. The molecule has 0 fully saturated rings. The predicted molar refractivity (Wildman–Crippen MR) is 61.9 cm³/mol. The lowest BCUT2D eigenvalue weighted by Crippen LogP contribution is -2.20. The molecule has 5 heteroatoms. The van der Waals surface area contributed by atoms with Crippen LogP contribution in [0.3, 0.4) is 0 Å². The van der Waals surface area contributed by atoms with Crippen LogP contribution in [0.4, 0.5) is 0 Å². The molecule has 0 heterocycles. The minimum atomic E-state index is -0.882. The van der Waals surface area contributed by atoms with Crippen LogP contribution < -0.4 is 0 Å². The summed E-state index contributed by atoms with van der Waals surface area (Å²) in [5.41, 5.74) is 0. The number of hydrogen-bond acceptors (Lipinski definition) is 2. The zero-order valence-electron chi connectivity index (χ0n) is 8.00. The van der Waals surface area contributed by atoms with E-state index in [0.717, 1.165) is 12.8 Å². The summed E-state index contributed by atoms with van der Waals surface area (Å²) in [6, 6.07) is 0. The van der Waals surface area contributed by atoms with Crippen LogP contribution >= 0.6 is 31.9 Å². The maximum absolute atomic E-state index is 11.3. The molecule has 0 saturated carbocycles. The number of ketones is 1. The molecule has 1 atom stereocenters. The van der Waals surface area contributed by atoms with Gasteiger partial charge < -0.3 is 5.11 Å². The highest BCUT2D eigenvalue weighted by Crippen LogP contribution is 2.19. The van der Waals surface area contributed by atoms with Crippen molar-refractivity contribution in [1.29, 1.82) is 0 Å². The van der Waals surface area contributed by atoms with Crippen molar-refractivity contribution in [3.05, 3.63) is 0 Å². The van der Waals surface area contributed by atoms with Crippen molar-refractivity contribution >= 4 is 43.6 Å².